The number of aromatic nitrogens is 1. The topological polar surface area (TPSA) is 54.5 Å². The molecule has 1 atom stereocenters. The summed E-state index contributed by atoms with van der Waals surface area (Å²) in [5.41, 5.74) is 4.35. The van der Waals surface area contributed by atoms with Gasteiger partial charge in [0.05, 0.1) is 17.2 Å². The second-order valence-corrected chi connectivity index (χ2v) is 8.41. The van der Waals surface area contributed by atoms with Crippen LogP contribution in [0.2, 0.25) is 5.02 Å². The molecule has 0 aliphatic carbocycles. The lowest BCUT2D eigenvalue weighted by Crippen LogP contribution is -2.37. The summed E-state index contributed by atoms with van der Waals surface area (Å²) >= 11 is 8.00. The molecule has 30 heavy (non-hydrogen) atoms. The first-order valence-electron chi connectivity index (χ1n) is 10.1. The molecule has 1 aliphatic rings. The molecule has 1 N–H and O–H groups in total. The van der Waals surface area contributed by atoms with Crippen LogP contribution in [-0.2, 0) is 6.61 Å². The van der Waals surface area contributed by atoms with E-state index < -0.39 is 0 Å². The van der Waals surface area contributed by atoms with E-state index in [0.29, 0.717) is 24.5 Å². The molecule has 4 rings (SSSR count). The van der Waals surface area contributed by atoms with E-state index in [9.17, 15) is 4.79 Å². The largest absolute Gasteiger partial charge is 0.487 e. The minimum absolute atomic E-state index is 0.0749. The van der Waals surface area contributed by atoms with E-state index >= 15 is 0 Å². The van der Waals surface area contributed by atoms with Crippen LogP contribution >= 0.6 is 22.9 Å². The van der Waals surface area contributed by atoms with Gasteiger partial charge in [0.2, 0.25) is 0 Å². The third-order valence-corrected chi connectivity index (χ3v) is 6.27. The van der Waals surface area contributed by atoms with Crippen LogP contribution in [-0.4, -0.2) is 35.4 Å². The summed E-state index contributed by atoms with van der Waals surface area (Å²) in [6, 6.07) is 15.2. The van der Waals surface area contributed by atoms with Crippen LogP contribution in [0.4, 0.5) is 0 Å². The minimum Gasteiger partial charge on any atom is -0.487 e. The Morgan fingerprint density at radius 3 is 2.63 bits per heavy atom. The summed E-state index contributed by atoms with van der Waals surface area (Å²) < 4.78 is 5.71. The molecular formula is C23H24ClN3O2S. The molecule has 1 aromatic heterocycles. The molecule has 0 radical (unpaired) electrons. The molecule has 3 aromatic rings. The molecule has 2 heterocycles. The summed E-state index contributed by atoms with van der Waals surface area (Å²) in [7, 11) is 0. The first kappa shape index (κ1) is 20.8. The maximum Gasteiger partial charge on any atom is 0.251 e. The SMILES string of the molecule is O=C(NCC(c1ccccc1Cl)N1CCCC1)c1ccc(OCc2cscn2)cc1. The average Bonchev–Trinajstić information content (AvgIpc) is 3.48. The van der Waals surface area contributed by atoms with Gasteiger partial charge in [-0.15, -0.1) is 11.3 Å². The lowest BCUT2D eigenvalue weighted by molar-refractivity contribution is 0.0938. The van der Waals surface area contributed by atoms with Crippen molar-refractivity contribution in [2.75, 3.05) is 19.6 Å². The average molecular weight is 442 g/mol. The first-order valence-corrected chi connectivity index (χ1v) is 11.4. The molecule has 0 saturated carbocycles. The number of nitrogens with zero attached hydrogens (tertiary/aromatic N) is 2. The zero-order valence-electron chi connectivity index (χ0n) is 16.6. The highest BCUT2D eigenvalue weighted by Crippen LogP contribution is 2.29. The molecule has 0 spiro atoms. The van der Waals surface area contributed by atoms with E-state index in [4.69, 9.17) is 16.3 Å². The molecule has 0 bridgehead atoms. The van der Waals surface area contributed by atoms with Crippen LogP contribution < -0.4 is 10.1 Å². The van der Waals surface area contributed by atoms with E-state index in [1.165, 1.54) is 12.8 Å². The van der Waals surface area contributed by atoms with Crippen LogP contribution in [0.5, 0.6) is 5.75 Å². The molecular weight excluding hydrogens is 418 g/mol. The highest BCUT2D eigenvalue weighted by atomic mass is 35.5. The Kier molecular flexibility index (Phi) is 7.00. The van der Waals surface area contributed by atoms with Crippen molar-refractivity contribution in [2.45, 2.75) is 25.5 Å². The van der Waals surface area contributed by atoms with Crippen LogP contribution in [0.25, 0.3) is 0 Å². The maximum absolute atomic E-state index is 12.7. The van der Waals surface area contributed by atoms with Gasteiger partial charge in [0, 0.05) is 22.5 Å². The molecule has 1 aliphatic heterocycles. The number of amides is 1. The number of carbonyl (C=O) groups is 1. The lowest BCUT2D eigenvalue weighted by atomic mass is 10.0. The van der Waals surface area contributed by atoms with Gasteiger partial charge in [-0.05, 0) is 61.8 Å². The molecule has 1 saturated heterocycles. The maximum atomic E-state index is 12.7. The predicted molar refractivity (Wildman–Crippen MR) is 120 cm³/mol. The number of ether oxygens (including phenoxy) is 1. The third kappa shape index (κ3) is 5.19. The molecule has 1 amide bonds. The highest BCUT2D eigenvalue weighted by molar-refractivity contribution is 7.07. The number of benzene rings is 2. The third-order valence-electron chi connectivity index (χ3n) is 5.29. The van der Waals surface area contributed by atoms with Gasteiger partial charge in [0.25, 0.3) is 5.91 Å². The number of nitrogens with one attached hydrogen (secondary N) is 1. The van der Waals surface area contributed by atoms with Crippen molar-refractivity contribution in [3.63, 3.8) is 0 Å². The summed E-state index contributed by atoms with van der Waals surface area (Å²) in [4.78, 5) is 19.3. The molecule has 7 heteroatoms. The highest BCUT2D eigenvalue weighted by Gasteiger charge is 2.25. The Balaban J connectivity index is 1.37. The second kappa shape index (κ2) is 10.1. The number of hydrogen-bond donors (Lipinski definition) is 1. The number of carbonyl (C=O) groups excluding carboxylic acids is 1. The standard InChI is InChI=1S/C23H24ClN3O2S/c24-21-6-2-1-5-20(21)22(27-11-3-4-12-27)13-25-23(28)17-7-9-19(10-8-17)29-14-18-15-30-16-26-18/h1-2,5-10,15-16,22H,3-4,11-14H2,(H,25,28). The van der Waals surface area contributed by atoms with Gasteiger partial charge >= 0.3 is 0 Å². The summed E-state index contributed by atoms with van der Waals surface area (Å²) in [5, 5.41) is 5.78. The summed E-state index contributed by atoms with van der Waals surface area (Å²) in [6.07, 6.45) is 2.36. The number of thiazole rings is 1. The lowest BCUT2D eigenvalue weighted by Gasteiger charge is -2.29. The fourth-order valence-corrected chi connectivity index (χ4v) is 4.50. The first-order chi connectivity index (χ1) is 14.7. The van der Waals surface area contributed by atoms with Crippen molar-refractivity contribution in [2.24, 2.45) is 0 Å². The molecule has 1 unspecified atom stereocenters. The summed E-state index contributed by atoms with van der Waals surface area (Å²) in [5.74, 6) is 0.614. The van der Waals surface area contributed by atoms with E-state index in [2.05, 4.69) is 15.2 Å². The van der Waals surface area contributed by atoms with Crippen molar-refractivity contribution in [1.29, 1.82) is 0 Å². The van der Waals surface area contributed by atoms with E-state index in [0.717, 1.165) is 29.4 Å². The van der Waals surface area contributed by atoms with Gasteiger partial charge in [-0.3, -0.25) is 9.69 Å². The Labute approximate surface area is 185 Å². The van der Waals surface area contributed by atoms with Gasteiger partial charge in [-0.1, -0.05) is 29.8 Å². The summed E-state index contributed by atoms with van der Waals surface area (Å²) in [6.45, 7) is 2.99. The number of rotatable bonds is 8. The fraction of sp³-hybridized carbons (Fsp3) is 0.304. The zero-order valence-corrected chi connectivity index (χ0v) is 18.2. The van der Waals surface area contributed by atoms with Crippen LogP contribution in [0.15, 0.2) is 59.4 Å². The van der Waals surface area contributed by atoms with Crippen molar-refractivity contribution in [1.82, 2.24) is 15.2 Å². The van der Waals surface area contributed by atoms with E-state index in [-0.39, 0.29) is 11.9 Å². The number of halogens is 1. The normalized spacial score (nSPS) is 15.1. The fourth-order valence-electron chi connectivity index (χ4n) is 3.69. The number of likely N-dealkylation sites (tertiary alicyclic amines) is 1. The van der Waals surface area contributed by atoms with Crippen molar-refractivity contribution in [3.05, 3.63) is 81.3 Å². The molecule has 2 aromatic carbocycles. The van der Waals surface area contributed by atoms with Crippen LogP contribution in [0.3, 0.4) is 0 Å². The van der Waals surface area contributed by atoms with Gasteiger partial charge < -0.3 is 10.1 Å². The smallest absolute Gasteiger partial charge is 0.251 e. The van der Waals surface area contributed by atoms with Gasteiger partial charge in [0.1, 0.15) is 12.4 Å². The molecule has 1 fully saturated rings. The quantitative estimate of drug-likeness (QED) is 0.537. The number of hydrogen-bond acceptors (Lipinski definition) is 5. The Hall–Kier alpha value is -2.41. The Morgan fingerprint density at radius 1 is 1.17 bits per heavy atom. The van der Waals surface area contributed by atoms with Gasteiger partial charge in [-0.25, -0.2) is 4.98 Å². The van der Waals surface area contributed by atoms with E-state index in [1.54, 1.807) is 29.0 Å². The van der Waals surface area contributed by atoms with E-state index in [1.807, 2.05) is 41.8 Å². The second-order valence-electron chi connectivity index (χ2n) is 7.28. The van der Waals surface area contributed by atoms with Crippen LogP contribution in [0, 0.1) is 0 Å². The van der Waals surface area contributed by atoms with Gasteiger partial charge in [0.15, 0.2) is 0 Å². The van der Waals surface area contributed by atoms with Gasteiger partial charge in [-0.2, -0.15) is 0 Å². The predicted octanol–water partition coefficient (Wildman–Crippen LogP) is 4.94. The minimum atomic E-state index is -0.0997. The zero-order chi connectivity index (χ0) is 20.8. The molecule has 156 valence electrons. The van der Waals surface area contributed by atoms with Crippen molar-refractivity contribution in [3.8, 4) is 5.75 Å². The van der Waals surface area contributed by atoms with Crippen LogP contribution in [0.1, 0.15) is 40.5 Å². The Morgan fingerprint density at radius 2 is 1.93 bits per heavy atom. The Bertz CT molecular complexity index is 957. The monoisotopic (exact) mass is 441 g/mol. The van der Waals surface area contributed by atoms with Crippen molar-refractivity contribution >= 4 is 28.8 Å². The molecule has 5 nitrogen and oxygen atoms in total. The van der Waals surface area contributed by atoms with Crippen molar-refractivity contribution < 1.29 is 9.53 Å².